The molecule has 2 aliphatic rings. The topological polar surface area (TPSA) is 151 Å². The van der Waals surface area contributed by atoms with Crippen LogP contribution in [0, 0.1) is 5.95 Å². The van der Waals surface area contributed by atoms with Gasteiger partial charge >= 0.3 is 12.1 Å². The first-order chi connectivity index (χ1) is 19.9. The van der Waals surface area contributed by atoms with E-state index in [9.17, 15) is 19.1 Å². The molecule has 13 nitrogen and oxygen atoms in total. The minimum Gasteiger partial charge on any atom is -0.465 e. The van der Waals surface area contributed by atoms with Crippen LogP contribution in [0.25, 0.3) is 22.4 Å². The standard InChI is InChI=1S/C27H28FN9O4/c28-22-6-5-19(15-29-22)32-26(38)31-18-3-1-17(2-4-18)23-33-24(35-11-13-41-14-12-35)21-16-30-37(25(21)34-23)20-7-9-36(10-8-20)27(39)40/h1-6,15-16,20H,7-14H2,(H,39,40)(H2,31,32,38). The zero-order valence-electron chi connectivity index (χ0n) is 22.0. The van der Waals surface area contributed by atoms with Crippen LogP contribution in [0.2, 0.25) is 0 Å². The van der Waals surface area contributed by atoms with Crippen molar-refractivity contribution in [2.45, 2.75) is 18.9 Å². The maximum absolute atomic E-state index is 13.0. The number of nitrogens with zero attached hydrogens (tertiary/aromatic N) is 7. The molecule has 0 saturated carbocycles. The summed E-state index contributed by atoms with van der Waals surface area (Å²) < 4.78 is 20.5. The molecule has 41 heavy (non-hydrogen) atoms. The molecule has 0 spiro atoms. The van der Waals surface area contributed by atoms with Crippen molar-refractivity contribution < 1.29 is 23.8 Å². The highest BCUT2D eigenvalue weighted by atomic mass is 19.1. The van der Waals surface area contributed by atoms with Crippen molar-refractivity contribution in [2.75, 3.05) is 54.9 Å². The van der Waals surface area contributed by atoms with Crippen molar-refractivity contribution >= 4 is 40.4 Å². The van der Waals surface area contributed by atoms with Crippen LogP contribution in [0.3, 0.4) is 0 Å². The Hall–Kier alpha value is -4.85. The Kier molecular flexibility index (Phi) is 7.29. The van der Waals surface area contributed by atoms with Gasteiger partial charge in [-0.2, -0.15) is 9.49 Å². The maximum Gasteiger partial charge on any atom is 0.407 e. The van der Waals surface area contributed by atoms with Crippen LogP contribution >= 0.6 is 0 Å². The Morgan fingerprint density at radius 2 is 1.63 bits per heavy atom. The Labute approximate surface area is 234 Å². The summed E-state index contributed by atoms with van der Waals surface area (Å²) in [5, 5.41) is 20.2. The average Bonchev–Trinajstić information content (AvgIpc) is 3.43. The van der Waals surface area contributed by atoms with Gasteiger partial charge in [0.05, 0.1) is 42.7 Å². The maximum atomic E-state index is 13.0. The minimum absolute atomic E-state index is 0.0183. The number of likely N-dealkylation sites (tertiary alicyclic amines) is 1. The van der Waals surface area contributed by atoms with E-state index in [4.69, 9.17) is 14.7 Å². The lowest BCUT2D eigenvalue weighted by Gasteiger charge is -2.30. The van der Waals surface area contributed by atoms with Crippen LogP contribution in [0.4, 0.5) is 31.2 Å². The number of carbonyl (C=O) groups is 2. The highest BCUT2D eigenvalue weighted by Crippen LogP contribution is 2.32. The number of anilines is 3. The molecule has 3 N–H and O–H groups in total. The van der Waals surface area contributed by atoms with Gasteiger partial charge in [-0.05, 0) is 49.2 Å². The van der Waals surface area contributed by atoms with E-state index in [1.165, 1.54) is 17.2 Å². The van der Waals surface area contributed by atoms with Gasteiger partial charge in [-0.15, -0.1) is 0 Å². The second kappa shape index (κ2) is 11.3. The number of fused-ring (bicyclic) bond motifs is 1. The SMILES string of the molecule is O=C(Nc1ccc(-c2nc(N3CCOCC3)c3cnn(C4CCN(C(=O)O)CC4)c3n2)cc1)Nc1ccc(F)nc1. The number of hydrogen-bond acceptors (Lipinski definition) is 8. The number of pyridine rings is 1. The Morgan fingerprint density at radius 3 is 2.32 bits per heavy atom. The highest BCUT2D eigenvalue weighted by Gasteiger charge is 2.27. The number of rotatable bonds is 5. The summed E-state index contributed by atoms with van der Waals surface area (Å²) in [6.07, 6.45) is 3.40. The Balaban J connectivity index is 1.27. The van der Waals surface area contributed by atoms with Gasteiger partial charge in [-0.1, -0.05) is 0 Å². The van der Waals surface area contributed by atoms with Gasteiger partial charge in [0.15, 0.2) is 11.5 Å². The number of carbonyl (C=O) groups excluding carboxylic acids is 1. The van der Waals surface area contributed by atoms with Crippen molar-refractivity contribution in [3.8, 4) is 11.4 Å². The number of piperidine rings is 1. The first kappa shape index (κ1) is 26.4. The summed E-state index contributed by atoms with van der Waals surface area (Å²) in [6.45, 7) is 3.45. The molecule has 1 aromatic carbocycles. The monoisotopic (exact) mass is 561 g/mol. The predicted octanol–water partition coefficient (Wildman–Crippen LogP) is 3.82. The summed E-state index contributed by atoms with van der Waals surface area (Å²) in [7, 11) is 0. The number of carboxylic acid groups (broad SMARTS) is 1. The summed E-state index contributed by atoms with van der Waals surface area (Å²) in [5.41, 5.74) is 2.36. The molecule has 2 aliphatic heterocycles. The van der Waals surface area contributed by atoms with Gasteiger partial charge in [0, 0.05) is 37.4 Å². The summed E-state index contributed by atoms with van der Waals surface area (Å²) in [5.74, 6) is 0.657. The molecule has 212 valence electrons. The second-order valence-corrected chi connectivity index (χ2v) is 9.82. The van der Waals surface area contributed by atoms with E-state index in [0.29, 0.717) is 75.1 Å². The van der Waals surface area contributed by atoms with Gasteiger partial charge in [0.25, 0.3) is 0 Å². The lowest BCUT2D eigenvalue weighted by atomic mass is 10.1. The summed E-state index contributed by atoms with van der Waals surface area (Å²) >= 11 is 0. The lowest BCUT2D eigenvalue weighted by Crippen LogP contribution is -2.38. The van der Waals surface area contributed by atoms with Gasteiger partial charge < -0.3 is 30.3 Å². The van der Waals surface area contributed by atoms with Crippen LogP contribution in [0.5, 0.6) is 0 Å². The van der Waals surface area contributed by atoms with Crippen LogP contribution in [-0.4, -0.2) is 86.3 Å². The first-order valence-electron chi connectivity index (χ1n) is 13.3. The molecule has 0 unspecified atom stereocenters. The number of morpholine rings is 1. The van der Waals surface area contributed by atoms with Crippen LogP contribution in [-0.2, 0) is 4.74 Å². The van der Waals surface area contributed by atoms with Gasteiger partial charge in [0.2, 0.25) is 5.95 Å². The zero-order chi connectivity index (χ0) is 28.3. The van der Waals surface area contributed by atoms with E-state index in [1.54, 1.807) is 18.3 Å². The first-order valence-corrected chi connectivity index (χ1v) is 13.3. The number of ether oxygens (including phenoxy) is 1. The summed E-state index contributed by atoms with van der Waals surface area (Å²) in [6, 6.07) is 9.26. The number of benzene rings is 1. The molecule has 0 aliphatic carbocycles. The number of hydrogen-bond donors (Lipinski definition) is 3. The fraction of sp³-hybridized carbons (Fsp3) is 0.333. The minimum atomic E-state index is -0.907. The quantitative estimate of drug-likeness (QED) is 0.309. The van der Waals surface area contributed by atoms with Crippen molar-refractivity contribution in [1.29, 1.82) is 0 Å². The normalized spacial score (nSPS) is 16.1. The lowest BCUT2D eigenvalue weighted by molar-refractivity contribution is 0.122. The number of urea groups is 1. The second-order valence-electron chi connectivity index (χ2n) is 9.82. The van der Waals surface area contributed by atoms with Gasteiger partial charge in [-0.25, -0.2) is 29.2 Å². The van der Waals surface area contributed by atoms with E-state index in [2.05, 4.69) is 25.6 Å². The van der Waals surface area contributed by atoms with E-state index in [0.717, 1.165) is 22.8 Å². The molecule has 0 bridgehead atoms. The molecule has 6 rings (SSSR count). The highest BCUT2D eigenvalue weighted by molar-refractivity contribution is 5.99. The van der Waals surface area contributed by atoms with Crippen LogP contribution in [0.15, 0.2) is 48.8 Å². The number of halogens is 1. The predicted molar refractivity (Wildman–Crippen MR) is 148 cm³/mol. The molecule has 0 radical (unpaired) electrons. The summed E-state index contributed by atoms with van der Waals surface area (Å²) in [4.78, 5) is 40.7. The number of aromatic nitrogens is 5. The van der Waals surface area contributed by atoms with Crippen molar-refractivity contribution in [3.63, 3.8) is 0 Å². The molecule has 3 aromatic heterocycles. The Bertz CT molecular complexity index is 1550. The van der Waals surface area contributed by atoms with Crippen LogP contribution in [0.1, 0.15) is 18.9 Å². The molecule has 2 fully saturated rings. The van der Waals surface area contributed by atoms with E-state index in [-0.39, 0.29) is 6.04 Å². The van der Waals surface area contributed by atoms with E-state index < -0.39 is 18.1 Å². The van der Waals surface area contributed by atoms with E-state index in [1.807, 2.05) is 16.8 Å². The van der Waals surface area contributed by atoms with Crippen molar-refractivity contribution in [3.05, 3.63) is 54.7 Å². The van der Waals surface area contributed by atoms with Crippen molar-refractivity contribution in [2.24, 2.45) is 0 Å². The fourth-order valence-corrected chi connectivity index (χ4v) is 5.07. The molecule has 5 heterocycles. The Morgan fingerprint density at radius 1 is 0.927 bits per heavy atom. The van der Waals surface area contributed by atoms with E-state index >= 15 is 0 Å². The smallest absolute Gasteiger partial charge is 0.407 e. The number of amides is 3. The third-order valence-corrected chi connectivity index (χ3v) is 7.21. The number of nitrogens with one attached hydrogen (secondary N) is 2. The van der Waals surface area contributed by atoms with Gasteiger partial charge in [-0.3, -0.25) is 0 Å². The molecule has 0 atom stereocenters. The third kappa shape index (κ3) is 5.72. The largest absolute Gasteiger partial charge is 0.465 e. The molecule has 3 amide bonds. The molecule has 14 heteroatoms. The molecule has 2 saturated heterocycles. The van der Waals surface area contributed by atoms with Crippen LogP contribution < -0.4 is 15.5 Å². The van der Waals surface area contributed by atoms with Crippen molar-refractivity contribution in [1.82, 2.24) is 29.6 Å². The zero-order valence-corrected chi connectivity index (χ0v) is 22.0. The molecular formula is C27H28FN9O4. The average molecular weight is 562 g/mol. The third-order valence-electron chi connectivity index (χ3n) is 7.21. The molecular weight excluding hydrogens is 533 g/mol. The molecule has 4 aromatic rings. The van der Waals surface area contributed by atoms with Gasteiger partial charge in [0.1, 0.15) is 5.82 Å². The fourth-order valence-electron chi connectivity index (χ4n) is 5.07.